The number of rotatable bonds is 8. The first-order valence-electron chi connectivity index (χ1n) is 8.45. The highest BCUT2D eigenvalue weighted by Gasteiger charge is 2.09. The zero-order chi connectivity index (χ0) is 18.1. The minimum Gasteiger partial charge on any atom is -0.494 e. The molecule has 2 aromatic rings. The summed E-state index contributed by atoms with van der Waals surface area (Å²) in [5.41, 5.74) is 1.57. The van der Waals surface area contributed by atoms with E-state index < -0.39 is 0 Å². The van der Waals surface area contributed by atoms with Gasteiger partial charge in [-0.3, -0.25) is 4.79 Å². The number of esters is 1. The van der Waals surface area contributed by atoms with Crippen LogP contribution in [-0.4, -0.2) is 25.1 Å². The number of carbonyl (C=O) groups is 2. The molecule has 0 aliphatic rings. The monoisotopic (exact) mass is 341 g/mol. The first kappa shape index (κ1) is 18.5. The van der Waals surface area contributed by atoms with Gasteiger partial charge in [-0.15, -0.1) is 0 Å². The number of benzene rings is 2. The van der Waals surface area contributed by atoms with Gasteiger partial charge in [-0.2, -0.15) is 0 Å². The third kappa shape index (κ3) is 5.64. The number of hydrogen-bond acceptors (Lipinski definition) is 4. The number of nitrogens with one attached hydrogen (secondary N) is 1. The van der Waals surface area contributed by atoms with Crippen LogP contribution >= 0.6 is 0 Å². The van der Waals surface area contributed by atoms with Crippen LogP contribution in [0.4, 0.5) is 5.69 Å². The average molecular weight is 341 g/mol. The largest absolute Gasteiger partial charge is 0.494 e. The Morgan fingerprint density at radius 2 is 1.76 bits per heavy atom. The fourth-order valence-corrected chi connectivity index (χ4v) is 2.17. The van der Waals surface area contributed by atoms with Gasteiger partial charge >= 0.3 is 5.97 Å². The van der Waals surface area contributed by atoms with Crippen LogP contribution in [0.5, 0.6) is 5.75 Å². The lowest BCUT2D eigenvalue weighted by atomic mass is 10.1. The summed E-state index contributed by atoms with van der Waals surface area (Å²) in [4.78, 5) is 24.0. The maximum absolute atomic E-state index is 12.4. The Kier molecular flexibility index (Phi) is 7.01. The lowest BCUT2D eigenvalue weighted by molar-refractivity contribution is 0.0526. The van der Waals surface area contributed by atoms with Crippen LogP contribution in [0.15, 0.2) is 48.5 Å². The summed E-state index contributed by atoms with van der Waals surface area (Å²) < 4.78 is 10.6. The van der Waals surface area contributed by atoms with Crippen LogP contribution in [0.25, 0.3) is 0 Å². The molecule has 0 saturated carbocycles. The van der Waals surface area contributed by atoms with E-state index in [9.17, 15) is 9.59 Å². The molecule has 5 heteroatoms. The highest BCUT2D eigenvalue weighted by atomic mass is 16.5. The van der Waals surface area contributed by atoms with E-state index >= 15 is 0 Å². The maximum atomic E-state index is 12.4. The maximum Gasteiger partial charge on any atom is 0.338 e. The quantitative estimate of drug-likeness (QED) is 0.574. The van der Waals surface area contributed by atoms with Crippen molar-refractivity contribution in [1.29, 1.82) is 0 Å². The fourth-order valence-electron chi connectivity index (χ4n) is 2.17. The summed E-state index contributed by atoms with van der Waals surface area (Å²) in [5, 5.41) is 2.80. The standard InChI is InChI=1S/C20H23NO4/c1-3-5-13-25-18-8-6-7-16(14-18)19(22)21-17-11-9-15(10-12-17)20(23)24-4-2/h6-12,14H,3-5,13H2,1-2H3,(H,21,22). The number of ether oxygens (including phenoxy) is 2. The number of anilines is 1. The Bertz CT molecular complexity index is 710. The van der Waals surface area contributed by atoms with Crippen molar-refractivity contribution in [2.24, 2.45) is 0 Å². The molecule has 0 heterocycles. The van der Waals surface area contributed by atoms with Gasteiger partial charge in [-0.1, -0.05) is 19.4 Å². The molecule has 5 nitrogen and oxygen atoms in total. The van der Waals surface area contributed by atoms with E-state index in [0.29, 0.717) is 35.8 Å². The van der Waals surface area contributed by atoms with Gasteiger partial charge in [0, 0.05) is 11.3 Å². The fraction of sp³-hybridized carbons (Fsp3) is 0.300. The molecule has 0 radical (unpaired) electrons. The Balaban J connectivity index is 1.99. The molecule has 25 heavy (non-hydrogen) atoms. The third-order valence-electron chi connectivity index (χ3n) is 3.52. The molecule has 0 saturated heterocycles. The molecule has 132 valence electrons. The van der Waals surface area contributed by atoms with Crippen molar-refractivity contribution in [2.45, 2.75) is 26.7 Å². The number of carbonyl (C=O) groups excluding carboxylic acids is 2. The second-order valence-corrected chi connectivity index (χ2v) is 5.48. The Hall–Kier alpha value is -2.82. The second kappa shape index (κ2) is 9.47. The predicted octanol–water partition coefficient (Wildman–Crippen LogP) is 4.29. The van der Waals surface area contributed by atoms with Gasteiger partial charge in [0.05, 0.1) is 18.8 Å². The molecule has 0 unspecified atom stereocenters. The van der Waals surface area contributed by atoms with E-state index in [1.165, 1.54) is 0 Å². The van der Waals surface area contributed by atoms with Crippen molar-refractivity contribution >= 4 is 17.6 Å². The number of hydrogen-bond donors (Lipinski definition) is 1. The van der Waals surface area contributed by atoms with E-state index in [2.05, 4.69) is 12.2 Å². The highest BCUT2D eigenvalue weighted by molar-refractivity contribution is 6.04. The zero-order valence-corrected chi connectivity index (χ0v) is 14.6. The zero-order valence-electron chi connectivity index (χ0n) is 14.6. The highest BCUT2D eigenvalue weighted by Crippen LogP contribution is 2.16. The predicted molar refractivity (Wildman–Crippen MR) is 97.2 cm³/mol. The van der Waals surface area contributed by atoms with Crippen LogP contribution in [0.2, 0.25) is 0 Å². The van der Waals surface area contributed by atoms with Crippen molar-refractivity contribution < 1.29 is 19.1 Å². The molecule has 1 amide bonds. The smallest absolute Gasteiger partial charge is 0.338 e. The van der Waals surface area contributed by atoms with E-state index in [4.69, 9.17) is 9.47 Å². The molecule has 0 aliphatic carbocycles. The average Bonchev–Trinajstić information content (AvgIpc) is 2.63. The lowest BCUT2D eigenvalue weighted by Crippen LogP contribution is -2.12. The molecular weight excluding hydrogens is 318 g/mol. The first-order valence-corrected chi connectivity index (χ1v) is 8.45. The number of amides is 1. The second-order valence-electron chi connectivity index (χ2n) is 5.48. The Labute approximate surface area is 148 Å². The summed E-state index contributed by atoms with van der Waals surface area (Å²) >= 11 is 0. The van der Waals surface area contributed by atoms with Crippen molar-refractivity contribution in [3.63, 3.8) is 0 Å². The molecule has 2 aromatic carbocycles. The molecule has 0 bridgehead atoms. The van der Waals surface area contributed by atoms with Gasteiger partial charge in [0.2, 0.25) is 0 Å². The SMILES string of the molecule is CCCCOc1cccc(C(=O)Nc2ccc(C(=O)OCC)cc2)c1. The van der Waals surface area contributed by atoms with Crippen LogP contribution in [0.1, 0.15) is 47.4 Å². The van der Waals surface area contributed by atoms with Crippen molar-refractivity contribution in [3.8, 4) is 5.75 Å². The minimum atomic E-state index is -0.377. The van der Waals surface area contributed by atoms with E-state index in [0.717, 1.165) is 12.8 Å². The molecule has 0 fully saturated rings. The minimum absolute atomic E-state index is 0.232. The summed E-state index contributed by atoms with van der Waals surface area (Å²) in [6.07, 6.45) is 2.03. The summed E-state index contributed by atoms with van der Waals surface area (Å²) in [7, 11) is 0. The van der Waals surface area contributed by atoms with Gasteiger partial charge in [0.15, 0.2) is 0 Å². The number of unbranched alkanes of at least 4 members (excludes halogenated alkanes) is 1. The topological polar surface area (TPSA) is 64.6 Å². The van der Waals surface area contributed by atoms with Crippen LogP contribution in [0.3, 0.4) is 0 Å². The van der Waals surface area contributed by atoms with E-state index in [1.807, 2.05) is 6.07 Å². The van der Waals surface area contributed by atoms with Crippen LogP contribution < -0.4 is 10.1 Å². The molecule has 0 aromatic heterocycles. The van der Waals surface area contributed by atoms with Gasteiger partial charge in [-0.25, -0.2) is 4.79 Å². The van der Waals surface area contributed by atoms with Gasteiger partial charge in [0.25, 0.3) is 5.91 Å². The normalized spacial score (nSPS) is 10.2. The molecule has 2 rings (SSSR count). The third-order valence-corrected chi connectivity index (χ3v) is 3.52. The lowest BCUT2D eigenvalue weighted by Gasteiger charge is -2.09. The van der Waals surface area contributed by atoms with Crippen LogP contribution in [0, 0.1) is 0 Å². The van der Waals surface area contributed by atoms with Gasteiger partial charge in [0.1, 0.15) is 5.75 Å². The van der Waals surface area contributed by atoms with E-state index in [1.54, 1.807) is 49.4 Å². The van der Waals surface area contributed by atoms with Crippen molar-refractivity contribution in [1.82, 2.24) is 0 Å². The van der Waals surface area contributed by atoms with Crippen molar-refractivity contribution in [3.05, 3.63) is 59.7 Å². The molecule has 0 aliphatic heterocycles. The summed E-state index contributed by atoms with van der Waals surface area (Å²) in [6.45, 7) is 4.82. The van der Waals surface area contributed by atoms with Crippen LogP contribution in [-0.2, 0) is 4.74 Å². The van der Waals surface area contributed by atoms with Crippen molar-refractivity contribution in [2.75, 3.05) is 18.5 Å². The molecule has 0 spiro atoms. The summed E-state index contributed by atoms with van der Waals surface area (Å²) in [6, 6.07) is 13.7. The molecule has 1 N–H and O–H groups in total. The molecule has 0 atom stereocenters. The first-order chi connectivity index (χ1) is 12.1. The molecular formula is C20H23NO4. The summed E-state index contributed by atoms with van der Waals surface area (Å²) in [5.74, 6) is 0.0703. The Morgan fingerprint density at radius 1 is 1.00 bits per heavy atom. The Morgan fingerprint density at radius 3 is 2.44 bits per heavy atom. The van der Waals surface area contributed by atoms with E-state index in [-0.39, 0.29) is 11.9 Å². The van der Waals surface area contributed by atoms with Gasteiger partial charge in [-0.05, 0) is 55.8 Å². The van der Waals surface area contributed by atoms with Gasteiger partial charge < -0.3 is 14.8 Å².